The Morgan fingerprint density at radius 2 is 1.81 bits per heavy atom. The van der Waals surface area contributed by atoms with E-state index in [1.165, 1.54) is 24.3 Å². The van der Waals surface area contributed by atoms with Crippen LogP contribution in [-0.2, 0) is 14.8 Å². The second kappa shape index (κ2) is 8.45. The van der Waals surface area contributed by atoms with Gasteiger partial charge < -0.3 is 10.8 Å². The fraction of sp³-hybridized carbons (Fsp3) is 0.188. The highest BCUT2D eigenvalue weighted by Crippen LogP contribution is 2.32. The number of anilines is 1. The van der Waals surface area contributed by atoms with Gasteiger partial charge in [-0.3, -0.25) is 9.52 Å². The lowest BCUT2D eigenvalue weighted by atomic mass is 9.94. The van der Waals surface area contributed by atoms with Crippen LogP contribution in [-0.4, -0.2) is 26.0 Å². The Balaban J connectivity index is 2.45. The van der Waals surface area contributed by atoms with Gasteiger partial charge >= 0.3 is 5.97 Å². The van der Waals surface area contributed by atoms with Crippen LogP contribution in [0.1, 0.15) is 17.9 Å². The van der Waals surface area contributed by atoms with E-state index in [1.807, 2.05) is 0 Å². The molecule has 140 valence electrons. The normalized spacial score (nSPS) is 12.6. The first-order valence-corrected chi connectivity index (χ1v) is 9.95. The Morgan fingerprint density at radius 1 is 1.12 bits per heavy atom. The maximum Gasteiger partial charge on any atom is 0.304 e. The molecule has 0 aliphatic rings. The summed E-state index contributed by atoms with van der Waals surface area (Å²) in [5.41, 5.74) is 6.25. The molecule has 0 fully saturated rings. The van der Waals surface area contributed by atoms with Crippen LogP contribution >= 0.6 is 34.8 Å². The van der Waals surface area contributed by atoms with Crippen molar-refractivity contribution in [1.82, 2.24) is 0 Å². The third-order valence-electron chi connectivity index (χ3n) is 3.61. The number of carbonyl (C=O) groups is 1. The minimum Gasteiger partial charge on any atom is -0.481 e. The van der Waals surface area contributed by atoms with Crippen LogP contribution in [0.5, 0.6) is 0 Å². The van der Waals surface area contributed by atoms with Crippen molar-refractivity contribution in [2.75, 3.05) is 11.3 Å². The van der Waals surface area contributed by atoms with Gasteiger partial charge in [-0.25, -0.2) is 8.42 Å². The summed E-state index contributed by atoms with van der Waals surface area (Å²) in [7, 11) is -4.00. The second-order valence-corrected chi connectivity index (χ2v) is 8.38. The lowest BCUT2D eigenvalue weighted by Crippen LogP contribution is -2.20. The van der Waals surface area contributed by atoms with Crippen molar-refractivity contribution in [3.05, 3.63) is 57.0 Å². The highest BCUT2D eigenvalue weighted by Gasteiger charge is 2.22. The van der Waals surface area contributed by atoms with Gasteiger partial charge in [-0.1, -0.05) is 40.9 Å². The monoisotopic (exact) mass is 436 g/mol. The zero-order chi connectivity index (χ0) is 19.5. The molecular formula is C16H15Cl3N2O4S. The van der Waals surface area contributed by atoms with Crippen LogP contribution in [0.4, 0.5) is 5.69 Å². The topological polar surface area (TPSA) is 109 Å². The zero-order valence-electron chi connectivity index (χ0n) is 13.2. The van der Waals surface area contributed by atoms with Crippen molar-refractivity contribution in [3.63, 3.8) is 0 Å². The lowest BCUT2D eigenvalue weighted by molar-refractivity contribution is -0.137. The summed E-state index contributed by atoms with van der Waals surface area (Å²) in [6.45, 7) is 0.0232. The minimum atomic E-state index is -4.00. The van der Waals surface area contributed by atoms with Gasteiger partial charge in [0.05, 0.1) is 27.0 Å². The SMILES string of the molecule is NC[C@H](CC(=O)O)c1ccc(Cl)cc1NS(=O)(=O)c1ccc(Cl)c(Cl)c1. The summed E-state index contributed by atoms with van der Waals surface area (Å²) in [4.78, 5) is 11.0. The van der Waals surface area contributed by atoms with E-state index in [0.29, 0.717) is 5.56 Å². The van der Waals surface area contributed by atoms with Crippen molar-refractivity contribution in [2.45, 2.75) is 17.2 Å². The fourth-order valence-corrected chi connectivity index (χ4v) is 3.99. The third-order valence-corrected chi connectivity index (χ3v) is 5.94. The van der Waals surface area contributed by atoms with E-state index in [1.54, 1.807) is 12.1 Å². The van der Waals surface area contributed by atoms with Gasteiger partial charge in [0.25, 0.3) is 10.0 Å². The van der Waals surface area contributed by atoms with E-state index in [9.17, 15) is 13.2 Å². The van der Waals surface area contributed by atoms with Crippen molar-refractivity contribution in [2.24, 2.45) is 5.73 Å². The Morgan fingerprint density at radius 3 is 2.38 bits per heavy atom. The van der Waals surface area contributed by atoms with Gasteiger partial charge in [-0.2, -0.15) is 0 Å². The molecule has 2 aromatic carbocycles. The number of benzene rings is 2. The van der Waals surface area contributed by atoms with Gasteiger partial charge in [0, 0.05) is 10.9 Å². The standard InChI is InChI=1S/C16H15Cl3N2O4S/c17-10-1-3-12(9(8-20)5-16(22)23)15(6-10)21-26(24,25)11-2-4-13(18)14(19)7-11/h1-4,6-7,9,21H,5,8,20H2,(H,22,23)/t9-/m0/s1. The molecule has 26 heavy (non-hydrogen) atoms. The Hall–Kier alpha value is -1.51. The molecule has 0 unspecified atom stereocenters. The van der Waals surface area contributed by atoms with Crippen molar-refractivity contribution in [1.29, 1.82) is 0 Å². The smallest absolute Gasteiger partial charge is 0.304 e. The van der Waals surface area contributed by atoms with Gasteiger partial charge in [0.2, 0.25) is 0 Å². The minimum absolute atomic E-state index is 0.0232. The number of nitrogens with one attached hydrogen (secondary N) is 1. The number of rotatable bonds is 7. The number of sulfonamides is 1. The maximum atomic E-state index is 12.7. The molecule has 0 spiro atoms. The Labute approximate surface area is 165 Å². The first-order valence-electron chi connectivity index (χ1n) is 7.33. The van der Waals surface area contributed by atoms with E-state index in [2.05, 4.69) is 4.72 Å². The van der Waals surface area contributed by atoms with Gasteiger partial charge in [-0.05, 0) is 42.4 Å². The van der Waals surface area contributed by atoms with E-state index >= 15 is 0 Å². The van der Waals surface area contributed by atoms with Crippen molar-refractivity contribution in [3.8, 4) is 0 Å². The largest absolute Gasteiger partial charge is 0.481 e. The summed E-state index contributed by atoms with van der Waals surface area (Å²) in [5, 5.41) is 9.64. The molecule has 4 N–H and O–H groups in total. The molecule has 10 heteroatoms. The lowest BCUT2D eigenvalue weighted by Gasteiger charge is -2.19. The number of nitrogens with two attached hydrogens (primary N) is 1. The Bertz CT molecular complexity index is 935. The molecule has 0 saturated carbocycles. The molecule has 1 atom stereocenters. The van der Waals surface area contributed by atoms with E-state index in [4.69, 9.17) is 45.6 Å². The first-order chi connectivity index (χ1) is 12.1. The average Bonchev–Trinajstić information content (AvgIpc) is 2.55. The third kappa shape index (κ3) is 5.02. The van der Waals surface area contributed by atoms with E-state index in [-0.39, 0.29) is 38.6 Å². The molecule has 0 radical (unpaired) electrons. The van der Waals surface area contributed by atoms with Crippen LogP contribution in [0.25, 0.3) is 0 Å². The molecule has 0 amide bonds. The van der Waals surface area contributed by atoms with Crippen molar-refractivity contribution < 1.29 is 18.3 Å². The number of hydrogen-bond donors (Lipinski definition) is 3. The molecule has 0 saturated heterocycles. The highest BCUT2D eigenvalue weighted by molar-refractivity contribution is 7.92. The summed E-state index contributed by atoms with van der Waals surface area (Å²) in [5.74, 6) is -1.63. The molecule has 6 nitrogen and oxygen atoms in total. The molecule has 2 aromatic rings. The number of carboxylic acid groups (broad SMARTS) is 1. The van der Waals surface area contributed by atoms with Crippen LogP contribution in [0.2, 0.25) is 15.1 Å². The number of carboxylic acids is 1. The summed E-state index contributed by atoms with van der Waals surface area (Å²) in [6, 6.07) is 8.38. The Kier molecular flexibility index (Phi) is 6.76. The molecule has 0 aliphatic heterocycles. The van der Waals surface area contributed by atoms with E-state index in [0.717, 1.165) is 0 Å². The van der Waals surface area contributed by atoms with Gasteiger partial charge in [-0.15, -0.1) is 0 Å². The molecule has 0 aromatic heterocycles. The second-order valence-electron chi connectivity index (χ2n) is 5.44. The maximum absolute atomic E-state index is 12.7. The first kappa shape index (κ1) is 20.8. The molecule has 0 heterocycles. The number of hydrogen-bond acceptors (Lipinski definition) is 4. The quantitative estimate of drug-likeness (QED) is 0.607. The zero-order valence-corrected chi connectivity index (χ0v) is 16.3. The summed E-state index contributed by atoms with van der Waals surface area (Å²) < 4.78 is 27.7. The van der Waals surface area contributed by atoms with Crippen LogP contribution in [0, 0.1) is 0 Å². The predicted molar refractivity (Wildman–Crippen MR) is 103 cm³/mol. The molecular weight excluding hydrogens is 423 g/mol. The summed E-state index contributed by atoms with van der Waals surface area (Å²) >= 11 is 17.7. The van der Waals surface area contributed by atoms with Crippen LogP contribution in [0.3, 0.4) is 0 Å². The average molecular weight is 438 g/mol. The van der Waals surface area contributed by atoms with Gasteiger partial charge in [0.1, 0.15) is 0 Å². The molecule has 2 rings (SSSR count). The van der Waals surface area contributed by atoms with E-state index < -0.39 is 21.9 Å². The van der Waals surface area contributed by atoms with Crippen LogP contribution < -0.4 is 10.5 Å². The number of aliphatic carboxylic acids is 1. The molecule has 0 aliphatic carbocycles. The highest BCUT2D eigenvalue weighted by atomic mass is 35.5. The van der Waals surface area contributed by atoms with Crippen LogP contribution in [0.15, 0.2) is 41.3 Å². The predicted octanol–water partition coefficient (Wildman–Crippen LogP) is 3.96. The van der Waals surface area contributed by atoms with Crippen molar-refractivity contribution >= 4 is 56.5 Å². The number of halogens is 3. The molecule has 0 bridgehead atoms. The summed E-state index contributed by atoms with van der Waals surface area (Å²) in [6.07, 6.45) is -0.250. The van der Waals surface area contributed by atoms with Gasteiger partial charge in [0.15, 0.2) is 0 Å². The fourth-order valence-electron chi connectivity index (χ4n) is 2.35.